The normalized spacial score (nSPS) is 15.3. The summed E-state index contributed by atoms with van der Waals surface area (Å²) in [5.74, 6) is 0.526. The van der Waals surface area contributed by atoms with E-state index < -0.39 is 12.0 Å². The average Bonchev–Trinajstić information content (AvgIpc) is 3.47. The Morgan fingerprint density at radius 2 is 1.97 bits per heavy atom. The summed E-state index contributed by atoms with van der Waals surface area (Å²) >= 11 is 2.50. The fourth-order valence-electron chi connectivity index (χ4n) is 4.00. The monoisotopic (exact) mass is 534 g/mol. The molecule has 0 spiro atoms. The first-order chi connectivity index (χ1) is 18.0. The van der Waals surface area contributed by atoms with E-state index >= 15 is 0 Å². The molecule has 37 heavy (non-hydrogen) atoms. The number of esters is 1. The summed E-state index contributed by atoms with van der Waals surface area (Å²) in [6.07, 6.45) is 4.98. The zero-order chi connectivity index (χ0) is 25.9. The van der Waals surface area contributed by atoms with Crippen LogP contribution in [0.25, 0.3) is 6.08 Å². The maximum Gasteiger partial charge on any atom is 0.338 e. The van der Waals surface area contributed by atoms with Crippen LogP contribution < -0.4 is 19.6 Å². The smallest absolute Gasteiger partial charge is 0.338 e. The Balaban J connectivity index is 1.62. The average molecular weight is 535 g/mol. The third-order valence-electron chi connectivity index (χ3n) is 5.56. The third-order valence-corrected chi connectivity index (χ3v) is 7.36. The molecule has 1 aliphatic heterocycles. The van der Waals surface area contributed by atoms with E-state index in [1.807, 2.05) is 18.2 Å². The van der Waals surface area contributed by atoms with Crippen molar-refractivity contribution in [3.05, 3.63) is 97.1 Å². The highest BCUT2D eigenvalue weighted by molar-refractivity contribution is 7.99. The number of carbonyl (C=O) groups excluding carboxylic acids is 1. The van der Waals surface area contributed by atoms with Crippen molar-refractivity contribution in [1.29, 1.82) is 0 Å². The van der Waals surface area contributed by atoms with Crippen molar-refractivity contribution in [2.24, 2.45) is 4.99 Å². The standard InChI is InChI=1S/C26H22N4O5S2/c1-4-34-24(32)21-15(2)29-26-30(22(21)17-8-5-6-9-18(17)33-3)23(31)19(36-26)14-16-10-11-20(35-16)37-25-27-12-7-13-28-25/h5-14,22H,4H2,1-3H3/b19-14+/t22-/m1/s1. The first-order valence-electron chi connectivity index (χ1n) is 11.4. The molecule has 0 fully saturated rings. The van der Waals surface area contributed by atoms with Gasteiger partial charge in [-0.15, -0.1) is 0 Å². The molecule has 1 atom stereocenters. The molecule has 0 bridgehead atoms. The van der Waals surface area contributed by atoms with Gasteiger partial charge in [0.25, 0.3) is 5.56 Å². The minimum absolute atomic E-state index is 0.200. The largest absolute Gasteiger partial charge is 0.496 e. The maximum absolute atomic E-state index is 13.7. The van der Waals surface area contributed by atoms with Gasteiger partial charge in [0.2, 0.25) is 0 Å². The van der Waals surface area contributed by atoms with Gasteiger partial charge in [-0.2, -0.15) is 0 Å². The first-order valence-corrected chi connectivity index (χ1v) is 13.0. The van der Waals surface area contributed by atoms with Gasteiger partial charge >= 0.3 is 5.97 Å². The van der Waals surface area contributed by atoms with Crippen LogP contribution in [0.4, 0.5) is 0 Å². The van der Waals surface area contributed by atoms with Crippen molar-refractivity contribution in [2.75, 3.05) is 13.7 Å². The molecule has 0 unspecified atom stereocenters. The second kappa shape index (κ2) is 10.6. The van der Waals surface area contributed by atoms with Crippen LogP contribution in [0.3, 0.4) is 0 Å². The number of thiazole rings is 1. The van der Waals surface area contributed by atoms with Crippen molar-refractivity contribution in [2.45, 2.75) is 30.1 Å². The Bertz CT molecular complexity index is 1670. The molecule has 0 radical (unpaired) electrons. The Hall–Kier alpha value is -3.96. The van der Waals surface area contributed by atoms with Gasteiger partial charge < -0.3 is 13.9 Å². The van der Waals surface area contributed by atoms with E-state index in [2.05, 4.69) is 15.0 Å². The van der Waals surface area contributed by atoms with Crippen molar-refractivity contribution < 1.29 is 18.7 Å². The van der Waals surface area contributed by atoms with Crippen molar-refractivity contribution >= 4 is 35.1 Å². The highest BCUT2D eigenvalue weighted by Gasteiger charge is 2.34. The molecule has 0 N–H and O–H groups in total. The Morgan fingerprint density at radius 1 is 1.19 bits per heavy atom. The van der Waals surface area contributed by atoms with Crippen LogP contribution in [0.5, 0.6) is 5.75 Å². The Kier molecular flexibility index (Phi) is 7.06. The summed E-state index contributed by atoms with van der Waals surface area (Å²) < 4.78 is 18.7. The zero-order valence-corrected chi connectivity index (χ0v) is 21.8. The summed E-state index contributed by atoms with van der Waals surface area (Å²) in [6.45, 7) is 3.68. The van der Waals surface area contributed by atoms with Gasteiger partial charge in [-0.05, 0) is 49.9 Å². The SMILES string of the molecule is CCOC(=O)C1=C(C)N=c2s/c(=C/c3ccc(Sc4ncccn4)o3)c(=O)n2[C@@H]1c1ccccc1OC. The van der Waals surface area contributed by atoms with E-state index in [1.165, 1.54) is 27.7 Å². The lowest BCUT2D eigenvalue weighted by atomic mass is 9.95. The molecule has 4 aromatic rings. The molecule has 0 saturated heterocycles. The number of aromatic nitrogens is 3. The van der Waals surface area contributed by atoms with Gasteiger partial charge in [0.05, 0.1) is 29.5 Å². The predicted molar refractivity (Wildman–Crippen MR) is 138 cm³/mol. The number of ether oxygens (including phenoxy) is 2. The van der Waals surface area contributed by atoms with Gasteiger partial charge in [0.15, 0.2) is 15.1 Å². The van der Waals surface area contributed by atoms with E-state index in [0.717, 1.165) is 0 Å². The number of carbonyl (C=O) groups is 1. The van der Waals surface area contributed by atoms with Crippen LogP contribution in [0, 0.1) is 0 Å². The highest BCUT2D eigenvalue weighted by atomic mass is 32.2. The number of fused-ring (bicyclic) bond motifs is 1. The number of para-hydroxylation sites is 1. The van der Waals surface area contributed by atoms with Gasteiger partial charge in [-0.25, -0.2) is 19.8 Å². The maximum atomic E-state index is 13.7. The summed E-state index contributed by atoms with van der Waals surface area (Å²) in [4.78, 5) is 40.2. The van der Waals surface area contributed by atoms with E-state index in [4.69, 9.17) is 13.9 Å². The summed E-state index contributed by atoms with van der Waals surface area (Å²) in [5.41, 5.74) is 1.15. The number of benzene rings is 1. The quantitative estimate of drug-likeness (QED) is 0.262. The molecular formula is C26H22N4O5S2. The number of allylic oxidation sites excluding steroid dienone is 1. The lowest BCUT2D eigenvalue weighted by Gasteiger charge is -2.25. The van der Waals surface area contributed by atoms with Crippen LogP contribution in [0.2, 0.25) is 0 Å². The summed E-state index contributed by atoms with van der Waals surface area (Å²) in [5, 5.41) is 1.15. The molecule has 9 nitrogen and oxygen atoms in total. The zero-order valence-electron chi connectivity index (χ0n) is 20.2. The minimum atomic E-state index is -0.758. The van der Waals surface area contributed by atoms with Crippen LogP contribution in [-0.4, -0.2) is 34.2 Å². The first kappa shape index (κ1) is 24.7. The Labute approximate surface area is 219 Å². The molecule has 0 aliphatic carbocycles. The van der Waals surface area contributed by atoms with E-state index in [9.17, 15) is 9.59 Å². The number of methoxy groups -OCH3 is 1. The van der Waals surface area contributed by atoms with E-state index in [1.54, 1.807) is 63.7 Å². The van der Waals surface area contributed by atoms with Gasteiger partial charge in [-0.3, -0.25) is 9.36 Å². The minimum Gasteiger partial charge on any atom is -0.496 e. The van der Waals surface area contributed by atoms with Gasteiger partial charge in [-0.1, -0.05) is 29.5 Å². The lowest BCUT2D eigenvalue weighted by Crippen LogP contribution is -2.40. The van der Waals surface area contributed by atoms with E-state index in [-0.39, 0.29) is 12.2 Å². The fourth-order valence-corrected chi connectivity index (χ4v) is 5.71. The van der Waals surface area contributed by atoms with Crippen LogP contribution >= 0.6 is 23.1 Å². The Morgan fingerprint density at radius 3 is 2.73 bits per heavy atom. The molecule has 11 heteroatoms. The second-order valence-corrected chi connectivity index (χ2v) is 9.82. The van der Waals surface area contributed by atoms with Crippen molar-refractivity contribution in [3.63, 3.8) is 0 Å². The van der Waals surface area contributed by atoms with Crippen LogP contribution in [-0.2, 0) is 9.53 Å². The van der Waals surface area contributed by atoms with Crippen molar-refractivity contribution in [3.8, 4) is 5.75 Å². The number of nitrogens with zero attached hydrogens (tertiary/aromatic N) is 4. The van der Waals surface area contributed by atoms with Gasteiger partial charge in [0.1, 0.15) is 17.6 Å². The van der Waals surface area contributed by atoms with Crippen molar-refractivity contribution in [1.82, 2.24) is 14.5 Å². The molecule has 188 valence electrons. The molecule has 0 saturated carbocycles. The van der Waals surface area contributed by atoms with E-state index in [0.29, 0.717) is 47.9 Å². The predicted octanol–water partition coefficient (Wildman–Crippen LogP) is 3.34. The molecule has 3 aromatic heterocycles. The molecule has 5 rings (SSSR count). The highest BCUT2D eigenvalue weighted by Crippen LogP contribution is 2.35. The van der Waals surface area contributed by atoms with Crippen LogP contribution in [0.1, 0.15) is 31.2 Å². The second-order valence-electron chi connectivity index (χ2n) is 7.83. The topological polar surface area (TPSA) is 109 Å². The molecule has 4 heterocycles. The molecule has 1 aromatic carbocycles. The summed E-state index contributed by atoms with van der Waals surface area (Å²) in [6, 6.07) is 11.9. The third kappa shape index (κ3) is 4.87. The van der Waals surface area contributed by atoms with Gasteiger partial charge in [0, 0.05) is 24.0 Å². The lowest BCUT2D eigenvalue weighted by molar-refractivity contribution is -0.139. The fraction of sp³-hybridized carbons (Fsp3) is 0.192. The number of furan rings is 1. The molecular weight excluding hydrogens is 512 g/mol. The van der Waals surface area contributed by atoms with Crippen LogP contribution in [0.15, 0.2) is 90.6 Å². The number of hydrogen-bond acceptors (Lipinski definition) is 10. The summed E-state index contributed by atoms with van der Waals surface area (Å²) in [7, 11) is 1.55. The number of rotatable bonds is 7. The molecule has 0 amide bonds. The molecule has 1 aliphatic rings. The number of hydrogen-bond donors (Lipinski definition) is 0.